The summed E-state index contributed by atoms with van der Waals surface area (Å²) in [6.45, 7) is 1.41. The van der Waals surface area contributed by atoms with Gasteiger partial charge in [-0.1, -0.05) is 24.3 Å². The second kappa shape index (κ2) is 7.96. The predicted molar refractivity (Wildman–Crippen MR) is 108 cm³/mol. The molecule has 1 fully saturated rings. The first-order valence-corrected chi connectivity index (χ1v) is 10.1. The minimum absolute atomic E-state index is 0.00488. The number of ether oxygens (including phenoxy) is 1. The van der Waals surface area contributed by atoms with Crippen LogP contribution in [0.5, 0.6) is 5.75 Å². The summed E-state index contributed by atoms with van der Waals surface area (Å²) in [5.74, 6) is 0.846. The summed E-state index contributed by atoms with van der Waals surface area (Å²) in [5, 5.41) is 4.11. The molecule has 5 nitrogen and oxygen atoms in total. The van der Waals surface area contributed by atoms with Gasteiger partial charge in [-0.15, -0.1) is 11.3 Å². The summed E-state index contributed by atoms with van der Waals surface area (Å²) >= 11 is 1.70. The molecule has 1 atom stereocenters. The van der Waals surface area contributed by atoms with Gasteiger partial charge in [-0.3, -0.25) is 0 Å². The molecule has 1 saturated heterocycles. The molecule has 1 N–H and O–H groups in total. The summed E-state index contributed by atoms with van der Waals surface area (Å²) < 4.78 is 6.35. The summed E-state index contributed by atoms with van der Waals surface area (Å²) in [6, 6.07) is 16.2. The zero-order valence-corrected chi connectivity index (χ0v) is 16.2. The SMILES string of the molecule is COc1ccc(CCNC(=O)N2CCC[C@@H]2c2nc3ccccc3s2)cc1. The number of methoxy groups -OCH3 is 1. The number of rotatable bonds is 5. The Labute approximate surface area is 163 Å². The first-order chi connectivity index (χ1) is 13.2. The molecule has 0 saturated carbocycles. The molecule has 0 aliphatic carbocycles. The maximum absolute atomic E-state index is 12.7. The molecule has 1 aliphatic rings. The molecule has 0 unspecified atom stereocenters. The largest absolute Gasteiger partial charge is 0.497 e. The quantitative estimate of drug-likeness (QED) is 0.713. The van der Waals surface area contributed by atoms with Gasteiger partial charge in [-0.25, -0.2) is 9.78 Å². The molecule has 4 rings (SSSR count). The number of carbonyl (C=O) groups is 1. The van der Waals surface area contributed by atoms with Crippen LogP contribution in [-0.4, -0.2) is 36.1 Å². The molecular weight excluding hydrogens is 358 g/mol. The van der Waals surface area contributed by atoms with Crippen molar-refractivity contribution in [2.24, 2.45) is 0 Å². The highest BCUT2D eigenvalue weighted by Gasteiger charge is 2.32. The van der Waals surface area contributed by atoms with Crippen LogP contribution in [0.3, 0.4) is 0 Å². The Balaban J connectivity index is 1.37. The maximum Gasteiger partial charge on any atom is 0.318 e. The second-order valence-electron chi connectivity index (χ2n) is 6.70. The minimum atomic E-state index is 0.00488. The van der Waals surface area contributed by atoms with E-state index in [1.165, 1.54) is 10.3 Å². The van der Waals surface area contributed by atoms with Crippen LogP contribution < -0.4 is 10.1 Å². The molecular formula is C21H23N3O2S. The minimum Gasteiger partial charge on any atom is -0.497 e. The molecule has 1 aliphatic heterocycles. The number of fused-ring (bicyclic) bond motifs is 1. The highest BCUT2D eigenvalue weighted by atomic mass is 32.1. The van der Waals surface area contributed by atoms with Gasteiger partial charge < -0.3 is 15.0 Å². The lowest BCUT2D eigenvalue weighted by Crippen LogP contribution is -2.40. The van der Waals surface area contributed by atoms with E-state index in [-0.39, 0.29) is 12.1 Å². The van der Waals surface area contributed by atoms with E-state index >= 15 is 0 Å². The van der Waals surface area contributed by atoms with E-state index < -0.39 is 0 Å². The smallest absolute Gasteiger partial charge is 0.318 e. The molecule has 0 bridgehead atoms. The first kappa shape index (κ1) is 17.8. The zero-order chi connectivity index (χ0) is 18.6. The van der Waals surface area contributed by atoms with Crippen molar-refractivity contribution in [3.8, 4) is 5.75 Å². The number of likely N-dealkylation sites (tertiary alicyclic amines) is 1. The van der Waals surface area contributed by atoms with Crippen LogP contribution in [0.1, 0.15) is 29.5 Å². The number of benzene rings is 2. The monoisotopic (exact) mass is 381 g/mol. The van der Waals surface area contributed by atoms with Crippen LogP contribution in [0, 0.1) is 0 Å². The van der Waals surface area contributed by atoms with Crippen molar-refractivity contribution in [3.05, 3.63) is 59.1 Å². The highest BCUT2D eigenvalue weighted by molar-refractivity contribution is 7.18. The number of urea groups is 1. The van der Waals surface area contributed by atoms with Crippen LogP contribution in [-0.2, 0) is 6.42 Å². The van der Waals surface area contributed by atoms with Crippen molar-refractivity contribution in [2.75, 3.05) is 20.2 Å². The van der Waals surface area contributed by atoms with Gasteiger partial charge in [0.2, 0.25) is 0 Å². The van der Waals surface area contributed by atoms with E-state index in [9.17, 15) is 4.79 Å². The number of hydrogen-bond donors (Lipinski definition) is 1. The molecule has 1 aromatic heterocycles. The van der Waals surface area contributed by atoms with Crippen molar-refractivity contribution < 1.29 is 9.53 Å². The lowest BCUT2D eigenvalue weighted by atomic mass is 10.1. The summed E-state index contributed by atoms with van der Waals surface area (Å²) in [5.41, 5.74) is 2.20. The fourth-order valence-corrected chi connectivity index (χ4v) is 4.62. The van der Waals surface area contributed by atoms with Gasteiger partial charge in [0.15, 0.2) is 0 Å². The number of amides is 2. The average Bonchev–Trinajstić information content (AvgIpc) is 3.35. The van der Waals surface area contributed by atoms with Gasteiger partial charge in [-0.2, -0.15) is 0 Å². The van der Waals surface area contributed by atoms with Crippen LogP contribution in [0.15, 0.2) is 48.5 Å². The summed E-state index contributed by atoms with van der Waals surface area (Å²) in [4.78, 5) is 19.4. The van der Waals surface area contributed by atoms with Gasteiger partial charge in [0.25, 0.3) is 0 Å². The molecule has 27 heavy (non-hydrogen) atoms. The lowest BCUT2D eigenvalue weighted by Gasteiger charge is -2.23. The second-order valence-corrected chi connectivity index (χ2v) is 7.76. The fraction of sp³-hybridized carbons (Fsp3) is 0.333. The van der Waals surface area contributed by atoms with Crippen molar-refractivity contribution in [1.82, 2.24) is 15.2 Å². The van der Waals surface area contributed by atoms with E-state index in [4.69, 9.17) is 9.72 Å². The Bertz CT molecular complexity index is 890. The Hall–Kier alpha value is -2.60. The maximum atomic E-state index is 12.7. The average molecular weight is 382 g/mol. The standard InChI is InChI=1S/C21H23N3O2S/c1-26-16-10-8-15(9-11-16)12-13-22-21(25)24-14-4-6-18(24)20-23-17-5-2-3-7-19(17)27-20/h2-3,5,7-11,18H,4,6,12-14H2,1H3,(H,22,25)/t18-/m1/s1. The number of nitrogens with zero attached hydrogens (tertiary/aromatic N) is 2. The van der Waals surface area contributed by atoms with Crippen LogP contribution >= 0.6 is 11.3 Å². The third-order valence-electron chi connectivity index (χ3n) is 4.96. The Kier molecular flexibility index (Phi) is 5.25. The van der Waals surface area contributed by atoms with Gasteiger partial charge in [0.1, 0.15) is 10.8 Å². The van der Waals surface area contributed by atoms with E-state index in [0.29, 0.717) is 6.54 Å². The summed E-state index contributed by atoms with van der Waals surface area (Å²) in [7, 11) is 1.66. The summed E-state index contributed by atoms with van der Waals surface area (Å²) in [6.07, 6.45) is 2.80. The Morgan fingerprint density at radius 3 is 2.85 bits per heavy atom. The van der Waals surface area contributed by atoms with Crippen molar-refractivity contribution in [1.29, 1.82) is 0 Å². The molecule has 0 radical (unpaired) electrons. The zero-order valence-electron chi connectivity index (χ0n) is 15.4. The molecule has 140 valence electrons. The molecule has 0 spiro atoms. The number of para-hydroxylation sites is 1. The number of nitrogens with one attached hydrogen (secondary N) is 1. The molecule has 2 aromatic carbocycles. The molecule has 3 aromatic rings. The number of carbonyl (C=O) groups excluding carboxylic acids is 1. The molecule has 2 heterocycles. The number of aromatic nitrogens is 1. The molecule has 2 amide bonds. The first-order valence-electron chi connectivity index (χ1n) is 9.27. The predicted octanol–water partition coefficient (Wildman–Crippen LogP) is 4.39. The number of thiazole rings is 1. The van der Waals surface area contributed by atoms with Crippen molar-refractivity contribution in [3.63, 3.8) is 0 Å². The molecule has 6 heteroatoms. The number of hydrogen-bond acceptors (Lipinski definition) is 4. The van der Waals surface area contributed by atoms with Crippen molar-refractivity contribution >= 4 is 27.6 Å². The lowest BCUT2D eigenvalue weighted by molar-refractivity contribution is 0.193. The van der Waals surface area contributed by atoms with Gasteiger partial charge in [0, 0.05) is 13.1 Å². The highest BCUT2D eigenvalue weighted by Crippen LogP contribution is 2.36. The van der Waals surface area contributed by atoms with Crippen LogP contribution in [0.2, 0.25) is 0 Å². The Morgan fingerprint density at radius 2 is 2.07 bits per heavy atom. The van der Waals surface area contributed by atoms with E-state index in [1.54, 1.807) is 18.4 Å². The van der Waals surface area contributed by atoms with Gasteiger partial charge in [0.05, 0.1) is 23.4 Å². The van der Waals surface area contributed by atoms with Crippen LogP contribution in [0.25, 0.3) is 10.2 Å². The normalized spacial score (nSPS) is 16.6. The topological polar surface area (TPSA) is 54.5 Å². The van der Waals surface area contributed by atoms with Gasteiger partial charge >= 0.3 is 6.03 Å². The Morgan fingerprint density at radius 1 is 1.26 bits per heavy atom. The van der Waals surface area contributed by atoms with Crippen molar-refractivity contribution in [2.45, 2.75) is 25.3 Å². The van der Waals surface area contributed by atoms with E-state index in [0.717, 1.165) is 42.1 Å². The van der Waals surface area contributed by atoms with E-state index in [2.05, 4.69) is 11.4 Å². The fourth-order valence-electron chi connectivity index (χ4n) is 3.51. The van der Waals surface area contributed by atoms with Crippen LogP contribution in [0.4, 0.5) is 4.79 Å². The van der Waals surface area contributed by atoms with E-state index in [1.807, 2.05) is 47.4 Å². The third kappa shape index (κ3) is 3.90. The van der Waals surface area contributed by atoms with Gasteiger partial charge in [-0.05, 0) is 49.1 Å². The third-order valence-corrected chi connectivity index (χ3v) is 6.10.